The number of hydrogen-bond donors (Lipinski definition) is 1. The number of ether oxygens (including phenoxy) is 1. The number of anilines is 1. The van der Waals surface area contributed by atoms with Gasteiger partial charge in [-0.15, -0.1) is 0 Å². The molecule has 0 spiro atoms. The summed E-state index contributed by atoms with van der Waals surface area (Å²) in [6.07, 6.45) is -0.954. The normalized spacial score (nSPS) is 12.0. The summed E-state index contributed by atoms with van der Waals surface area (Å²) in [5.41, 5.74) is 1.72. The van der Waals surface area contributed by atoms with Gasteiger partial charge in [-0.05, 0) is 35.6 Å². The van der Waals surface area contributed by atoms with Crippen LogP contribution in [0.3, 0.4) is 0 Å². The summed E-state index contributed by atoms with van der Waals surface area (Å²) in [6, 6.07) is 4.59. The van der Waals surface area contributed by atoms with Gasteiger partial charge in [-0.25, -0.2) is 8.42 Å². The molecule has 5 nitrogen and oxygen atoms in total. The van der Waals surface area contributed by atoms with Gasteiger partial charge >= 0.3 is 6.18 Å². The monoisotopic (exact) mass is 370 g/mol. The van der Waals surface area contributed by atoms with Crippen LogP contribution >= 0.6 is 0 Å². The fourth-order valence-electron chi connectivity index (χ4n) is 2.22. The molecule has 0 aliphatic heterocycles. The maximum atomic E-state index is 12.5. The van der Waals surface area contributed by atoms with E-state index < -0.39 is 22.8 Å². The molecule has 25 heavy (non-hydrogen) atoms. The second kappa shape index (κ2) is 6.95. The van der Waals surface area contributed by atoms with E-state index in [9.17, 15) is 21.6 Å². The standard InChI is InChI=1S/C15H14BF3N2O3S/c1-9-5-10(21-25(2,22)23)3-4-11(9)12-6-20-7-13(16)14(12)24-8-15(17,18)19/h3-7,21H,8H2,1-2H3. The Balaban J connectivity index is 2.43. The Morgan fingerprint density at radius 2 is 1.92 bits per heavy atom. The van der Waals surface area contributed by atoms with Crippen LogP contribution in [0, 0.1) is 6.92 Å². The first-order valence-electron chi connectivity index (χ1n) is 6.98. The minimum absolute atomic E-state index is 0.0283. The van der Waals surface area contributed by atoms with Gasteiger partial charge in [0, 0.05) is 23.6 Å². The van der Waals surface area contributed by atoms with E-state index in [4.69, 9.17) is 12.6 Å². The predicted octanol–water partition coefficient (Wildman–Crippen LogP) is 2.16. The molecule has 1 aromatic carbocycles. The van der Waals surface area contributed by atoms with Gasteiger partial charge in [0.25, 0.3) is 0 Å². The number of pyridine rings is 1. The van der Waals surface area contributed by atoms with E-state index in [1.165, 1.54) is 18.5 Å². The van der Waals surface area contributed by atoms with Crippen molar-refractivity contribution in [1.82, 2.24) is 4.98 Å². The van der Waals surface area contributed by atoms with Gasteiger partial charge in [-0.3, -0.25) is 9.71 Å². The van der Waals surface area contributed by atoms with Gasteiger partial charge < -0.3 is 4.74 Å². The molecule has 1 heterocycles. The van der Waals surface area contributed by atoms with Crippen molar-refractivity contribution in [3.8, 4) is 16.9 Å². The number of aromatic nitrogens is 1. The number of alkyl halides is 3. The molecule has 0 unspecified atom stereocenters. The summed E-state index contributed by atoms with van der Waals surface area (Å²) in [7, 11) is 2.26. The largest absolute Gasteiger partial charge is 0.484 e. The van der Waals surface area contributed by atoms with Crippen molar-refractivity contribution in [3.63, 3.8) is 0 Å². The molecule has 0 aliphatic carbocycles. The van der Waals surface area contributed by atoms with Crippen molar-refractivity contribution >= 4 is 29.0 Å². The predicted molar refractivity (Wildman–Crippen MR) is 89.8 cm³/mol. The Bertz CT molecular complexity index is 886. The lowest BCUT2D eigenvalue weighted by molar-refractivity contribution is -0.153. The molecular formula is C15H14BF3N2O3S. The van der Waals surface area contributed by atoms with Crippen molar-refractivity contribution in [2.45, 2.75) is 13.1 Å². The molecule has 0 atom stereocenters. The topological polar surface area (TPSA) is 68.3 Å². The molecule has 0 saturated heterocycles. The number of benzene rings is 1. The fourth-order valence-corrected chi connectivity index (χ4v) is 2.77. The summed E-state index contributed by atoms with van der Waals surface area (Å²) in [6.45, 7) is 0.195. The van der Waals surface area contributed by atoms with E-state index >= 15 is 0 Å². The van der Waals surface area contributed by atoms with Gasteiger partial charge in [0.15, 0.2) is 6.61 Å². The van der Waals surface area contributed by atoms with E-state index in [-0.39, 0.29) is 16.8 Å². The molecule has 0 aliphatic rings. The second-order valence-corrected chi connectivity index (χ2v) is 7.16. The molecular weight excluding hydrogens is 356 g/mol. The Morgan fingerprint density at radius 3 is 2.48 bits per heavy atom. The molecule has 132 valence electrons. The van der Waals surface area contributed by atoms with E-state index in [0.717, 1.165) is 6.26 Å². The molecule has 0 fully saturated rings. The lowest BCUT2D eigenvalue weighted by Gasteiger charge is -2.17. The first kappa shape index (κ1) is 19.1. The SMILES string of the molecule is [B]c1cncc(-c2ccc(NS(C)(=O)=O)cc2C)c1OCC(F)(F)F. The number of halogens is 3. The van der Waals surface area contributed by atoms with Crippen LogP contribution in [-0.2, 0) is 10.0 Å². The number of rotatable bonds is 5. The van der Waals surface area contributed by atoms with Crippen LogP contribution in [0.25, 0.3) is 11.1 Å². The number of hydrogen-bond acceptors (Lipinski definition) is 4. The van der Waals surface area contributed by atoms with Crippen LogP contribution < -0.4 is 14.9 Å². The zero-order valence-electron chi connectivity index (χ0n) is 13.4. The first-order chi connectivity index (χ1) is 11.5. The van der Waals surface area contributed by atoms with E-state index in [0.29, 0.717) is 16.8 Å². The third kappa shape index (κ3) is 5.38. The maximum Gasteiger partial charge on any atom is 0.422 e. The quantitative estimate of drug-likeness (QED) is 0.820. The van der Waals surface area contributed by atoms with Crippen LogP contribution in [-0.4, -0.2) is 40.3 Å². The summed E-state index contributed by atoms with van der Waals surface area (Å²) in [5, 5.41) is 0. The highest BCUT2D eigenvalue weighted by atomic mass is 32.2. The molecule has 0 amide bonds. The third-order valence-corrected chi connectivity index (χ3v) is 3.73. The highest BCUT2D eigenvalue weighted by molar-refractivity contribution is 7.92. The number of sulfonamides is 1. The minimum atomic E-state index is -4.51. The second-order valence-electron chi connectivity index (χ2n) is 5.41. The van der Waals surface area contributed by atoms with Gasteiger partial charge in [-0.2, -0.15) is 13.2 Å². The number of aryl methyl sites for hydroxylation is 1. The van der Waals surface area contributed by atoms with E-state index in [1.54, 1.807) is 19.1 Å². The maximum absolute atomic E-state index is 12.5. The van der Waals surface area contributed by atoms with Gasteiger partial charge in [-0.1, -0.05) is 6.07 Å². The summed E-state index contributed by atoms with van der Waals surface area (Å²) < 4.78 is 67.1. The van der Waals surface area contributed by atoms with Crippen LogP contribution in [0.1, 0.15) is 5.56 Å². The molecule has 2 rings (SSSR count). The van der Waals surface area contributed by atoms with Gasteiger partial charge in [0.05, 0.1) is 6.26 Å². The Kier molecular flexibility index (Phi) is 5.31. The number of nitrogens with zero attached hydrogens (tertiary/aromatic N) is 1. The Labute approximate surface area is 144 Å². The van der Waals surface area contributed by atoms with Crippen LogP contribution in [0.5, 0.6) is 5.75 Å². The third-order valence-electron chi connectivity index (χ3n) is 3.12. The van der Waals surface area contributed by atoms with E-state index in [1.807, 2.05) is 0 Å². The zero-order valence-corrected chi connectivity index (χ0v) is 14.2. The zero-order chi connectivity index (χ0) is 18.8. The average molecular weight is 370 g/mol. The summed E-state index contributed by atoms with van der Waals surface area (Å²) in [4.78, 5) is 3.89. The van der Waals surface area contributed by atoms with Crippen molar-refractivity contribution < 1.29 is 26.3 Å². The molecule has 2 radical (unpaired) electrons. The lowest BCUT2D eigenvalue weighted by atomic mass is 9.91. The smallest absolute Gasteiger partial charge is 0.422 e. The molecule has 10 heteroatoms. The van der Waals surface area contributed by atoms with Gasteiger partial charge in [0.2, 0.25) is 10.0 Å². The lowest BCUT2D eigenvalue weighted by Crippen LogP contribution is -2.22. The molecule has 1 aromatic heterocycles. The molecule has 1 N–H and O–H groups in total. The highest BCUT2D eigenvalue weighted by Crippen LogP contribution is 2.32. The highest BCUT2D eigenvalue weighted by Gasteiger charge is 2.29. The van der Waals surface area contributed by atoms with Crippen molar-refractivity contribution in [1.29, 1.82) is 0 Å². The summed E-state index contributed by atoms with van der Waals surface area (Å²) >= 11 is 0. The Hall–Kier alpha value is -2.23. The molecule has 0 saturated carbocycles. The summed E-state index contributed by atoms with van der Waals surface area (Å²) in [5.74, 6) is -0.126. The Morgan fingerprint density at radius 1 is 1.24 bits per heavy atom. The molecule has 0 bridgehead atoms. The van der Waals surface area contributed by atoms with Crippen molar-refractivity contribution in [2.24, 2.45) is 0 Å². The van der Waals surface area contributed by atoms with Gasteiger partial charge in [0.1, 0.15) is 13.6 Å². The van der Waals surface area contributed by atoms with Crippen molar-refractivity contribution in [2.75, 3.05) is 17.6 Å². The fraction of sp³-hybridized carbons (Fsp3) is 0.267. The minimum Gasteiger partial charge on any atom is -0.484 e. The van der Waals surface area contributed by atoms with Crippen LogP contribution in [0.2, 0.25) is 0 Å². The first-order valence-corrected chi connectivity index (χ1v) is 8.87. The average Bonchev–Trinajstić information content (AvgIpc) is 2.43. The number of nitrogens with one attached hydrogen (secondary N) is 1. The molecule has 2 aromatic rings. The van der Waals surface area contributed by atoms with Crippen molar-refractivity contribution in [3.05, 3.63) is 36.2 Å². The van der Waals surface area contributed by atoms with E-state index in [2.05, 4.69) is 9.71 Å². The van der Waals surface area contributed by atoms with Crippen LogP contribution in [0.4, 0.5) is 18.9 Å². The van der Waals surface area contributed by atoms with Crippen LogP contribution in [0.15, 0.2) is 30.6 Å².